The maximum atomic E-state index is 12.7. The van der Waals surface area contributed by atoms with Gasteiger partial charge in [0.2, 0.25) is 10.0 Å². The zero-order valence-electron chi connectivity index (χ0n) is 15.9. The SMILES string of the molecule is CCN(CC)S(=O)(=O)c1ccc(C)c(C(=O)Nc2cccc(C(C)=O)c2)c1. The molecule has 2 aromatic carbocycles. The first-order valence-electron chi connectivity index (χ1n) is 8.73. The maximum Gasteiger partial charge on any atom is 0.255 e. The molecule has 0 fully saturated rings. The van der Waals surface area contributed by atoms with Crippen molar-refractivity contribution in [3.63, 3.8) is 0 Å². The fourth-order valence-electron chi connectivity index (χ4n) is 2.73. The highest BCUT2D eigenvalue weighted by Gasteiger charge is 2.23. The van der Waals surface area contributed by atoms with Crippen molar-refractivity contribution in [2.45, 2.75) is 32.6 Å². The van der Waals surface area contributed by atoms with Crippen LogP contribution >= 0.6 is 0 Å². The molecule has 7 heteroatoms. The molecule has 0 aromatic heterocycles. The van der Waals surface area contributed by atoms with Crippen molar-refractivity contribution in [2.24, 2.45) is 0 Å². The summed E-state index contributed by atoms with van der Waals surface area (Å²) in [5.41, 5.74) is 1.90. The number of hydrogen-bond acceptors (Lipinski definition) is 4. The third kappa shape index (κ3) is 4.61. The first-order valence-corrected chi connectivity index (χ1v) is 10.2. The lowest BCUT2D eigenvalue weighted by molar-refractivity contribution is 0.101. The van der Waals surface area contributed by atoms with Crippen LogP contribution in [0.5, 0.6) is 0 Å². The van der Waals surface area contributed by atoms with Crippen molar-refractivity contribution in [3.05, 3.63) is 59.2 Å². The average molecular weight is 388 g/mol. The Morgan fingerprint density at radius 2 is 1.70 bits per heavy atom. The summed E-state index contributed by atoms with van der Waals surface area (Å²) in [5, 5.41) is 2.73. The number of amides is 1. The fourth-order valence-corrected chi connectivity index (χ4v) is 4.22. The van der Waals surface area contributed by atoms with Crippen LogP contribution in [0.2, 0.25) is 0 Å². The normalized spacial score (nSPS) is 11.4. The van der Waals surface area contributed by atoms with Crippen LogP contribution in [-0.2, 0) is 10.0 Å². The van der Waals surface area contributed by atoms with Gasteiger partial charge in [-0.15, -0.1) is 0 Å². The van der Waals surface area contributed by atoms with Gasteiger partial charge in [-0.2, -0.15) is 4.31 Å². The van der Waals surface area contributed by atoms with Crippen molar-refractivity contribution in [1.82, 2.24) is 4.31 Å². The van der Waals surface area contributed by atoms with Crippen molar-refractivity contribution in [1.29, 1.82) is 0 Å². The average Bonchev–Trinajstić information content (AvgIpc) is 2.62. The predicted molar refractivity (Wildman–Crippen MR) is 106 cm³/mol. The molecule has 0 atom stereocenters. The van der Waals surface area contributed by atoms with E-state index in [1.165, 1.54) is 23.4 Å². The van der Waals surface area contributed by atoms with E-state index >= 15 is 0 Å². The molecule has 0 aliphatic heterocycles. The van der Waals surface area contributed by atoms with Gasteiger partial charge in [0.25, 0.3) is 5.91 Å². The topological polar surface area (TPSA) is 83.6 Å². The number of hydrogen-bond donors (Lipinski definition) is 1. The van der Waals surface area contributed by atoms with Gasteiger partial charge in [-0.3, -0.25) is 9.59 Å². The first kappa shape index (κ1) is 20.8. The van der Waals surface area contributed by atoms with Crippen LogP contribution in [0.4, 0.5) is 5.69 Å². The third-order valence-corrected chi connectivity index (χ3v) is 6.37. The van der Waals surface area contributed by atoms with E-state index in [-0.39, 0.29) is 16.2 Å². The molecule has 27 heavy (non-hydrogen) atoms. The quantitative estimate of drug-likeness (QED) is 0.736. The molecule has 6 nitrogen and oxygen atoms in total. The van der Waals surface area contributed by atoms with Crippen LogP contribution in [0.1, 0.15) is 47.1 Å². The summed E-state index contributed by atoms with van der Waals surface area (Å²) >= 11 is 0. The van der Waals surface area contributed by atoms with Crippen molar-refractivity contribution in [2.75, 3.05) is 18.4 Å². The fraction of sp³-hybridized carbons (Fsp3) is 0.300. The minimum Gasteiger partial charge on any atom is -0.322 e. The molecule has 0 saturated carbocycles. The van der Waals surface area contributed by atoms with Gasteiger partial charge < -0.3 is 5.32 Å². The van der Waals surface area contributed by atoms with Gasteiger partial charge in [-0.1, -0.05) is 32.0 Å². The molecular formula is C20H24N2O4S. The zero-order valence-corrected chi connectivity index (χ0v) is 16.8. The van der Waals surface area contributed by atoms with E-state index in [0.29, 0.717) is 29.9 Å². The van der Waals surface area contributed by atoms with E-state index in [0.717, 1.165) is 0 Å². The van der Waals surface area contributed by atoms with Crippen LogP contribution in [0, 0.1) is 6.92 Å². The smallest absolute Gasteiger partial charge is 0.255 e. The number of carbonyl (C=O) groups is 2. The van der Waals surface area contributed by atoms with Crippen LogP contribution < -0.4 is 5.32 Å². The molecule has 0 unspecified atom stereocenters. The number of carbonyl (C=O) groups excluding carboxylic acids is 2. The van der Waals surface area contributed by atoms with Crippen LogP contribution in [0.25, 0.3) is 0 Å². The molecule has 0 saturated heterocycles. The Balaban J connectivity index is 2.37. The highest BCUT2D eigenvalue weighted by atomic mass is 32.2. The van der Waals surface area contributed by atoms with Gasteiger partial charge in [-0.25, -0.2) is 8.42 Å². The number of rotatable bonds is 7. The lowest BCUT2D eigenvalue weighted by Gasteiger charge is -2.19. The first-order chi connectivity index (χ1) is 12.7. The summed E-state index contributed by atoms with van der Waals surface area (Å²) in [4.78, 5) is 24.3. The number of Topliss-reactive ketones (excluding diaryl/α,β-unsaturated/α-hetero) is 1. The molecule has 1 N–H and O–H groups in total. The molecule has 0 bridgehead atoms. The molecular weight excluding hydrogens is 364 g/mol. The number of anilines is 1. The van der Waals surface area contributed by atoms with Gasteiger partial charge in [0.05, 0.1) is 4.90 Å². The summed E-state index contributed by atoms with van der Waals surface area (Å²) in [6.45, 7) is 7.44. The monoisotopic (exact) mass is 388 g/mol. The van der Waals surface area contributed by atoms with E-state index in [9.17, 15) is 18.0 Å². The second-order valence-electron chi connectivity index (χ2n) is 6.16. The highest BCUT2D eigenvalue weighted by molar-refractivity contribution is 7.89. The Morgan fingerprint density at radius 1 is 1.04 bits per heavy atom. The summed E-state index contributed by atoms with van der Waals surface area (Å²) in [7, 11) is -3.66. The lowest BCUT2D eigenvalue weighted by atomic mass is 10.1. The third-order valence-electron chi connectivity index (χ3n) is 4.32. The molecule has 0 aliphatic carbocycles. The minimum absolute atomic E-state index is 0.0828. The molecule has 0 aliphatic rings. The second-order valence-corrected chi connectivity index (χ2v) is 8.10. The van der Waals surface area contributed by atoms with Gasteiger partial charge in [-0.05, 0) is 43.7 Å². The van der Waals surface area contributed by atoms with E-state index in [1.54, 1.807) is 51.1 Å². The molecule has 0 heterocycles. The summed E-state index contributed by atoms with van der Waals surface area (Å²) < 4.78 is 26.8. The van der Waals surface area contributed by atoms with Crippen molar-refractivity contribution < 1.29 is 18.0 Å². The van der Waals surface area contributed by atoms with E-state index in [1.807, 2.05) is 0 Å². The number of benzene rings is 2. The second kappa shape index (κ2) is 8.45. The number of sulfonamides is 1. The molecule has 0 radical (unpaired) electrons. The Bertz CT molecular complexity index is 964. The Hall–Kier alpha value is -2.51. The summed E-state index contributed by atoms with van der Waals surface area (Å²) in [6.07, 6.45) is 0. The number of ketones is 1. The largest absolute Gasteiger partial charge is 0.322 e. The Kier molecular flexibility index (Phi) is 6.51. The minimum atomic E-state index is -3.66. The van der Waals surface area contributed by atoms with E-state index in [4.69, 9.17) is 0 Å². The number of nitrogens with zero attached hydrogens (tertiary/aromatic N) is 1. The van der Waals surface area contributed by atoms with Crippen LogP contribution in [0.15, 0.2) is 47.4 Å². The molecule has 2 aromatic rings. The van der Waals surface area contributed by atoms with Gasteiger partial charge in [0.1, 0.15) is 0 Å². The Morgan fingerprint density at radius 3 is 2.30 bits per heavy atom. The van der Waals surface area contributed by atoms with E-state index in [2.05, 4.69) is 5.32 Å². The van der Waals surface area contributed by atoms with E-state index < -0.39 is 15.9 Å². The van der Waals surface area contributed by atoms with Crippen LogP contribution in [0.3, 0.4) is 0 Å². The molecule has 2 rings (SSSR count). The zero-order chi connectivity index (χ0) is 20.2. The molecule has 1 amide bonds. The molecule has 144 valence electrons. The van der Waals surface area contributed by atoms with Gasteiger partial charge in [0, 0.05) is 29.9 Å². The van der Waals surface area contributed by atoms with Crippen molar-refractivity contribution >= 4 is 27.4 Å². The number of nitrogens with one attached hydrogen (secondary N) is 1. The van der Waals surface area contributed by atoms with Gasteiger partial charge >= 0.3 is 0 Å². The summed E-state index contributed by atoms with van der Waals surface area (Å²) in [5.74, 6) is -0.528. The molecule has 0 spiro atoms. The Labute approximate surface area is 160 Å². The standard InChI is InChI=1S/C20H24N2O4S/c1-5-22(6-2)27(25,26)18-11-10-14(3)19(13-18)20(24)21-17-9-7-8-16(12-17)15(4)23/h7-13H,5-6H2,1-4H3,(H,21,24). The predicted octanol–water partition coefficient (Wildman–Crippen LogP) is 3.48. The van der Waals surface area contributed by atoms with Gasteiger partial charge in [0.15, 0.2) is 5.78 Å². The van der Waals surface area contributed by atoms with Crippen molar-refractivity contribution in [3.8, 4) is 0 Å². The summed E-state index contributed by atoms with van der Waals surface area (Å²) in [6, 6.07) is 11.1. The highest BCUT2D eigenvalue weighted by Crippen LogP contribution is 2.21. The number of aryl methyl sites for hydroxylation is 1. The maximum absolute atomic E-state index is 12.7. The van der Waals surface area contributed by atoms with Crippen LogP contribution in [-0.4, -0.2) is 37.5 Å². The lowest BCUT2D eigenvalue weighted by Crippen LogP contribution is -2.30.